The molecule has 0 aliphatic carbocycles. The normalized spacial score (nSPS) is 11.2. The molecule has 0 amide bonds. The van der Waals surface area contributed by atoms with Crippen LogP contribution in [0.4, 0.5) is 25.2 Å². The summed E-state index contributed by atoms with van der Waals surface area (Å²) in [6.07, 6.45) is 5.39. The average Bonchev–Trinajstić information content (AvgIpc) is 2.89. The molecule has 0 spiro atoms. The minimum atomic E-state index is -10.7. The number of halogens is 6. The third-order valence-corrected chi connectivity index (χ3v) is 3.99. The van der Waals surface area contributed by atoms with Gasteiger partial charge in [-0.1, -0.05) is 36.4 Å². The van der Waals surface area contributed by atoms with Crippen LogP contribution < -0.4 is 0 Å². The number of rotatable bonds is 1. The summed E-state index contributed by atoms with van der Waals surface area (Å²) in [6, 6.07) is 32.5. The first kappa shape index (κ1) is 36.0. The van der Waals surface area contributed by atoms with Crippen LogP contribution in [-0.4, -0.2) is 15.0 Å². The molecule has 0 saturated carbocycles. The molecule has 0 bridgehead atoms. The second kappa shape index (κ2) is 15.6. The van der Waals surface area contributed by atoms with Crippen molar-refractivity contribution in [2.75, 3.05) is 0 Å². The Morgan fingerprint density at radius 2 is 1.05 bits per heavy atom. The van der Waals surface area contributed by atoms with E-state index in [9.17, 15) is 25.2 Å². The Hall–Kier alpha value is -3.98. The van der Waals surface area contributed by atoms with Crippen molar-refractivity contribution in [3.63, 3.8) is 0 Å². The monoisotopic (exact) mass is 663 g/mol. The number of hydrogen-bond donors (Lipinski definition) is 0. The van der Waals surface area contributed by atoms with Gasteiger partial charge in [-0.05, 0) is 23.9 Å². The van der Waals surface area contributed by atoms with Gasteiger partial charge in [-0.2, -0.15) is 10.5 Å². The minimum absolute atomic E-state index is 0. The van der Waals surface area contributed by atoms with E-state index in [0.29, 0.717) is 0 Å². The first-order valence-corrected chi connectivity index (χ1v) is 12.9. The molecule has 0 N–H and O–H groups in total. The van der Waals surface area contributed by atoms with Crippen molar-refractivity contribution in [1.82, 2.24) is 15.0 Å². The summed E-state index contributed by atoms with van der Waals surface area (Å²) in [4.78, 5) is 12.9. The summed E-state index contributed by atoms with van der Waals surface area (Å²) < 4.78 is 59.2. The van der Waals surface area contributed by atoms with Crippen LogP contribution in [0.1, 0.15) is 13.8 Å². The zero-order valence-electron chi connectivity index (χ0n) is 21.0. The molecule has 5 nitrogen and oxygen atoms in total. The van der Waals surface area contributed by atoms with Gasteiger partial charge in [-0.25, -0.2) is 0 Å². The molecule has 2 aromatic carbocycles. The zero-order valence-corrected chi connectivity index (χ0v) is 23.7. The number of fused-ring (bicyclic) bond motifs is 3. The van der Waals surface area contributed by atoms with Gasteiger partial charge in [0.1, 0.15) is 0 Å². The number of pyridine rings is 3. The molecule has 0 atom stereocenters. The number of benzene rings is 2. The van der Waals surface area contributed by atoms with Crippen molar-refractivity contribution in [1.29, 1.82) is 10.5 Å². The maximum Gasteiger partial charge on any atom is 2.00 e. The van der Waals surface area contributed by atoms with Gasteiger partial charge in [0.15, 0.2) is 0 Å². The molecule has 13 heteroatoms. The van der Waals surface area contributed by atoms with Crippen molar-refractivity contribution < 1.29 is 44.7 Å². The molecule has 3 aromatic heterocycles. The van der Waals surface area contributed by atoms with Crippen LogP contribution >= 0.6 is 7.81 Å². The molecular formula is C27H22F6N5PRu. The molecule has 40 heavy (non-hydrogen) atoms. The molecule has 0 fully saturated rings. The Labute approximate surface area is 240 Å². The van der Waals surface area contributed by atoms with Crippen LogP contribution in [0.2, 0.25) is 0 Å². The molecule has 0 aliphatic heterocycles. The van der Waals surface area contributed by atoms with E-state index in [1.165, 1.54) is 13.8 Å². The van der Waals surface area contributed by atoms with E-state index in [0.717, 1.165) is 33.1 Å². The zero-order chi connectivity index (χ0) is 29.4. The molecule has 5 rings (SSSR count). The summed E-state index contributed by atoms with van der Waals surface area (Å²) in [5.41, 5.74) is 3.97. The van der Waals surface area contributed by atoms with Crippen LogP contribution in [0.5, 0.6) is 0 Å². The van der Waals surface area contributed by atoms with E-state index in [2.05, 4.69) is 45.3 Å². The Morgan fingerprint density at radius 3 is 1.43 bits per heavy atom. The summed E-state index contributed by atoms with van der Waals surface area (Å²) in [5.74, 6) is 0. The number of aromatic nitrogens is 3. The van der Waals surface area contributed by atoms with Gasteiger partial charge in [-0.15, -0.1) is 35.9 Å². The summed E-state index contributed by atoms with van der Waals surface area (Å²) in [7, 11) is -10.7. The molecule has 0 radical (unpaired) electrons. The third kappa shape index (κ3) is 16.8. The summed E-state index contributed by atoms with van der Waals surface area (Å²) >= 11 is 0. The smallest absolute Gasteiger partial charge is 0.305 e. The molecule has 0 aliphatic rings. The van der Waals surface area contributed by atoms with Gasteiger partial charge < -0.3 is 4.98 Å². The summed E-state index contributed by atoms with van der Waals surface area (Å²) in [6.45, 7) is 2.86. The average molecular weight is 663 g/mol. The Morgan fingerprint density at radius 1 is 0.625 bits per heavy atom. The number of nitrogens with zero attached hydrogens (tertiary/aromatic N) is 5. The summed E-state index contributed by atoms with van der Waals surface area (Å²) in [5, 5.41) is 16.9. The Balaban J connectivity index is 0.000000534. The molecular weight excluding hydrogens is 640 g/mol. The topological polar surface area (TPSA) is 86.2 Å². The third-order valence-electron chi connectivity index (χ3n) is 3.99. The van der Waals surface area contributed by atoms with Gasteiger partial charge in [-0.3, -0.25) is 9.97 Å². The van der Waals surface area contributed by atoms with Gasteiger partial charge in [0.25, 0.3) is 0 Å². The number of hydrogen-bond acceptors (Lipinski definition) is 5. The standard InChI is InChI=1S/C12H8N2.C11H8N.2C2H3N.F6P.Ru/c1-3-9-5-6-10-4-2-8-14-12(10)11(9)13-7-1;1-2-6-10(7-3-1)11-8-4-5-9-12-11;2*1-2-3;1-7(2,3,4,5)6;/h1-8H;1-6,8-9H;2*1H3;;/q;-1;;;-1;+2. The van der Waals surface area contributed by atoms with Gasteiger partial charge in [0, 0.05) is 43.2 Å². The van der Waals surface area contributed by atoms with Gasteiger partial charge in [0.2, 0.25) is 0 Å². The fourth-order valence-electron chi connectivity index (χ4n) is 2.75. The Kier molecular flexibility index (Phi) is 14.0. The second-order valence-corrected chi connectivity index (χ2v) is 9.03. The van der Waals surface area contributed by atoms with E-state index in [-0.39, 0.29) is 19.5 Å². The molecule has 5 aromatic rings. The predicted molar refractivity (Wildman–Crippen MR) is 142 cm³/mol. The fourth-order valence-corrected chi connectivity index (χ4v) is 2.75. The van der Waals surface area contributed by atoms with Crippen LogP contribution in [0, 0.1) is 28.7 Å². The molecule has 0 unspecified atom stereocenters. The van der Waals surface area contributed by atoms with Gasteiger partial charge in [0.05, 0.1) is 23.2 Å². The second-order valence-electron chi connectivity index (χ2n) is 7.11. The van der Waals surface area contributed by atoms with Crippen molar-refractivity contribution in [3.8, 4) is 23.4 Å². The number of nitriles is 2. The van der Waals surface area contributed by atoms with E-state index in [4.69, 9.17) is 10.5 Å². The molecule has 3 heterocycles. The van der Waals surface area contributed by atoms with E-state index in [1.54, 1.807) is 30.7 Å². The van der Waals surface area contributed by atoms with Crippen molar-refractivity contribution in [2.24, 2.45) is 0 Å². The van der Waals surface area contributed by atoms with Crippen molar-refractivity contribution in [2.45, 2.75) is 13.8 Å². The largest absolute Gasteiger partial charge is 2.00 e. The van der Waals surface area contributed by atoms with E-state index in [1.807, 2.05) is 54.6 Å². The van der Waals surface area contributed by atoms with Gasteiger partial charge >= 0.3 is 52.5 Å². The van der Waals surface area contributed by atoms with E-state index >= 15 is 0 Å². The van der Waals surface area contributed by atoms with E-state index < -0.39 is 7.81 Å². The predicted octanol–water partition coefficient (Wildman–Crippen LogP) is 9.77. The van der Waals surface area contributed by atoms with Crippen LogP contribution in [0.3, 0.4) is 0 Å². The molecule has 0 saturated heterocycles. The van der Waals surface area contributed by atoms with Crippen LogP contribution in [0.15, 0.2) is 97.5 Å². The first-order valence-electron chi connectivity index (χ1n) is 10.8. The maximum atomic E-state index is 9.87. The van der Waals surface area contributed by atoms with Crippen LogP contribution in [-0.2, 0) is 19.5 Å². The fraction of sp³-hybridized carbons (Fsp3) is 0.0741. The van der Waals surface area contributed by atoms with Crippen LogP contribution in [0.25, 0.3) is 33.1 Å². The molecule has 210 valence electrons. The quantitative estimate of drug-likeness (QED) is 0.0587. The Bertz CT molecular complexity index is 1430. The van der Waals surface area contributed by atoms with Crippen molar-refractivity contribution >= 4 is 29.6 Å². The maximum absolute atomic E-state index is 10.7. The minimum Gasteiger partial charge on any atom is -0.305 e. The SMILES string of the molecule is CC#N.CC#N.F[P-](F)(F)(F)(F)F.[Ru+2].[c-]1ccccc1-c1ccccn1.c1cnc2c(c1)ccc1cccnc12. The van der Waals surface area contributed by atoms with Crippen molar-refractivity contribution in [3.05, 3.63) is 104 Å². The first-order chi connectivity index (χ1) is 18.2.